The largest absolute Gasteiger partial charge is 0.378 e. The molecular weight excluding hydrogens is 192 g/mol. The number of ether oxygens (including phenoxy) is 3. The minimum Gasteiger partial charge on any atom is -0.378 e. The van der Waals surface area contributed by atoms with Crippen molar-refractivity contribution < 1.29 is 14.2 Å². The van der Waals surface area contributed by atoms with E-state index in [1.54, 1.807) is 7.11 Å². The molecule has 0 atom stereocenters. The fourth-order valence-corrected chi connectivity index (χ4v) is 2.63. The second-order valence-electron chi connectivity index (χ2n) is 4.49. The van der Waals surface area contributed by atoms with Crippen LogP contribution in [0.25, 0.3) is 0 Å². The Bertz CT molecular complexity index is 221. The topological polar surface area (TPSA) is 27.7 Å². The summed E-state index contributed by atoms with van der Waals surface area (Å²) >= 11 is 0. The Hall–Kier alpha value is -0.380. The maximum Gasteiger partial charge on any atom is 0.168 e. The zero-order chi connectivity index (χ0) is 10.8. The van der Waals surface area contributed by atoms with Gasteiger partial charge in [0.1, 0.15) is 0 Å². The average molecular weight is 212 g/mol. The molecule has 0 bridgehead atoms. The molecule has 3 nitrogen and oxygen atoms in total. The summed E-state index contributed by atoms with van der Waals surface area (Å²) in [6.45, 7) is 5.27. The van der Waals surface area contributed by atoms with Gasteiger partial charge in [-0.05, 0) is 19.3 Å². The van der Waals surface area contributed by atoms with Crippen LogP contribution < -0.4 is 0 Å². The van der Waals surface area contributed by atoms with E-state index in [4.69, 9.17) is 14.2 Å². The number of hydrogen-bond donors (Lipinski definition) is 0. The SMILES string of the molecule is C=CCC1(OC)CCC2(CC1)OCCO2. The fourth-order valence-electron chi connectivity index (χ4n) is 2.63. The van der Waals surface area contributed by atoms with Gasteiger partial charge in [0.05, 0.1) is 18.8 Å². The molecule has 0 aromatic rings. The van der Waals surface area contributed by atoms with Crippen molar-refractivity contribution >= 4 is 0 Å². The van der Waals surface area contributed by atoms with Crippen LogP contribution in [0.15, 0.2) is 12.7 Å². The fraction of sp³-hybridized carbons (Fsp3) is 0.833. The van der Waals surface area contributed by atoms with Crippen LogP contribution in [0.3, 0.4) is 0 Å². The second kappa shape index (κ2) is 4.24. The summed E-state index contributed by atoms with van der Waals surface area (Å²) in [5, 5.41) is 0. The molecule has 0 N–H and O–H groups in total. The lowest BCUT2D eigenvalue weighted by Crippen LogP contribution is -2.44. The second-order valence-corrected chi connectivity index (χ2v) is 4.49. The normalized spacial score (nSPS) is 28.1. The van der Waals surface area contributed by atoms with Crippen molar-refractivity contribution in [1.82, 2.24) is 0 Å². The number of methoxy groups -OCH3 is 1. The summed E-state index contributed by atoms with van der Waals surface area (Å²) in [5.41, 5.74) is -0.0255. The Kier molecular flexibility index (Phi) is 3.14. The molecule has 1 spiro atoms. The third kappa shape index (κ3) is 2.10. The molecule has 86 valence electrons. The molecule has 0 aromatic carbocycles. The number of hydrogen-bond acceptors (Lipinski definition) is 3. The van der Waals surface area contributed by atoms with E-state index in [1.807, 2.05) is 6.08 Å². The van der Waals surface area contributed by atoms with Crippen molar-refractivity contribution in [2.24, 2.45) is 0 Å². The Morgan fingerprint density at radius 1 is 1.20 bits per heavy atom. The van der Waals surface area contributed by atoms with Crippen LogP contribution in [0.2, 0.25) is 0 Å². The Labute approximate surface area is 91.4 Å². The van der Waals surface area contributed by atoms with E-state index in [-0.39, 0.29) is 11.4 Å². The van der Waals surface area contributed by atoms with Crippen molar-refractivity contribution in [3.8, 4) is 0 Å². The molecule has 0 radical (unpaired) electrons. The van der Waals surface area contributed by atoms with E-state index in [0.29, 0.717) is 0 Å². The highest BCUT2D eigenvalue weighted by Gasteiger charge is 2.45. The molecule has 1 saturated carbocycles. The van der Waals surface area contributed by atoms with Gasteiger partial charge in [0.2, 0.25) is 0 Å². The van der Waals surface area contributed by atoms with Gasteiger partial charge >= 0.3 is 0 Å². The Morgan fingerprint density at radius 3 is 2.27 bits per heavy atom. The van der Waals surface area contributed by atoms with Gasteiger partial charge in [0.25, 0.3) is 0 Å². The van der Waals surface area contributed by atoms with Gasteiger partial charge in [-0.3, -0.25) is 0 Å². The first-order valence-electron chi connectivity index (χ1n) is 5.68. The summed E-state index contributed by atoms with van der Waals surface area (Å²) in [4.78, 5) is 0. The zero-order valence-corrected chi connectivity index (χ0v) is 9.46. The minimum absolute atomic E-state index is 0.0255. The molecule has 1 aliphatic carbocycles. The van der Waals surface area contributed by atoms with Gasteiger partial charge in [0, 0.05) is 20.0 Å². The molecule has 0 aromatic heterocycles. The van der Waals surface area contributed by atoms with Crippen molar-refractivity contribution in [3.05, 3.63) is 12.7 Å². The monoisotopic (exact) mass is 212 g/mol. The van der Waals surface area contributed by atoms with Crippen LogP contribution in [0.1, 0.15) is 32.1 Å². The van der Waals surface area contributed by atoms with Crippen LogP contribution in [-0.4, -0.2) is 31.7 Å². The van der Waals surface area contributed by atoms with E-state index in [1.165, 1.54) is 0 Å². The molecule has 2 aliphatic rings. The summed E-state index contributed by atoms with van der Waals surface area (Å²) in [7, 11) is 1.79. The maximum atomic E-state index is 5.69. The zero-order valence-electron chi connectivity index (χ0n) is 9.46. The van der Waals surface area contributed by atoms with Gasteiger partial charge < -0.3 is 14.2 Å². The first-order chi connectivity index (χ1) is 7.24. The molecule has 1 heterocycles. The molecule has 0 unspecified atom stereocenters. The van der Waals surface area contributed by atoms with E-state index in [9.17, 15) is 0 Å². The third-order valence-corrected chi connectivity index (χ3v) is 3.69. The van der Waals surface area contributed by atoms with Crippen LogP contribution in [0, 0.1) is 0 Å². The summed E-state index contributed by atoms with van der Waals surface area (Å²) < 4.78 is 17.0. The minimum atomic E-state index is -0.288. The molecule has 2 rings (SSSR count). The molecule has 1 aliphatic heterocycles. The van der Waals surface area contributed by atoms with Crippen molar-refractivity contribution in [2.45, 2.75) is 43.5 Å². The predicted molar refractivity (Wildman–Crippen MR) is 57.7 cm³/mol. The smallest absolute Gasteiger partial charge is 0.168 e. The Morgan fingerprint density at radius 2 is 1.80 bits per heavy atom. The van der Waals surface area contributed by atoms with Crippen molar-refractivity contribution in [3.63, 3.8) is 0 Å². The highest BCUT2D eigenvalue weighted by molar-refractivity contribution is 4.96. The van der Waals surface area contributed by atoms with Crippen LogP contribution in [0.4, 0.5) is 0 Å². The van der Waals surface area contributed by atoms with E-state index >= 15 is 0 Å². The van der Waals surface area contributed by atoms with Crippen molar-refractivity contribution in [1.29, 1.82) is 0 Å². The highest BCUT2D eigenvalue weighted by Crippen LogP contribution is 2.43. The van der Waals surface area contributed by atoms with E-state index in [0.717, 1.165) is 45.3 Å². The quantitative estimate of drug-likeness (QED) is 0.672. The summed E-state index contributed by atoms with van der Waals surface area (Å²) in [5.74, 6) is -0.288. The lowest BCUT2D eigenvalue weighted by molar-refractivity contribution is -0.206. The maximum absolute atomic E-state index is 5.69. The average Bonchev–Trinajstić information content (AvgIpc) is 2.72. The van der Waals surface area contributed by atoms with Gasteiger partial charge in [-0.25, -0.2) is 0 Å². The van der Waals surface area contributed by atoms with Crippen LogP contribution in [0.5, 0.6) is 0 Å². The summed E-state index contributed by atoms with van der Waals surface area (Å²) in [6, 6.07) is 0. The lowest BCUT2D eigenvalue weighted by atomic mass is 9.79. The van der Waals surface area contributed by atoms with E-state index < -0.39 is 0 Å². The molecule has 2 fully saturated rings. The summed E-state index contributed by atoms with van der Waals surface area (Å²) in [6.07, 6.45) is 6.73. The molecular formula is C12H20O3. The first-order valence-corrected chi connectivity index (χ1v) is 5.68. The van der Waals surface area contributed by atoms with Crippen LogP contribution >= 0.6 is 0 Å². The molecule has 15 heavy (non-hydrogen) atoms. The van der Waals surface area contributed by atoms with Crippen molar-refractivity contribution in [2.75, 3.05) is 20.3 Å². The predicted octanol–water partition coefficient (Wildman–Crippen LogP) is 2.26. The number of rotatable bonds is 3. The molecule has 1 saturated heterocycles. The van der Waals surface area contributed by atoms with Gasteiger partial charge in [-0.2, -0.15) is 0 Å². The first kappa shape index (κ1) is 11.1. The van der Waals surface area contributed by atoms with Gasteiger partial charge in [0.15, 0.2) is 5.79 Å². The lowest BCUT2D eigenvalue weighted by Gasteiger charge is -2.42. The standard InChI is InChI=1S/C12H20O3/c1-3-4-11(13-2)5-7-12(8-6-11)14-9-10-15-12/h3H,1,4-10H2,2H3. The molecule has 3 heteroatoms. The molecule has 0 amide bonds. The van der Waals surface area contributed by atoms with Gasteiger partial charge in [-0.1, -0.05) is 6.08 Å². The van der Waals surface area contributed by atoms with Crippen LogP contribution in [-0.2, 0) is 14.2 Å². The highest BCUT2D eigenvalue weighted by atomic mass is 16.7. The van der Waals surface area contributed by atoms with E-state index in [2.05, 4.69) is 6.58 Å². The Balaban J connectivity index is 1.97. The third-order valence-electron chi connectivity index (χ3n) is 3.69. The van der Waals surface area contributed by atoms with Gasteiger partial charge in [-0.15, -0.1) is 6.58 Å².